The topological polar surface area (TPSA) is 6.48 Å². The van der Waals surface area contributed by atoms with Gasteiger partial charge in [0.1, 0.15) is 0 Å². The van der Waals surface area contributed by atoms with Gasteiger partial charge in [0.25, 0.3) is 0 Å². The Labute approximate surface area is 186 Å². The number of anilines is 2. The van der Waals surface area contributed by atoms with Crippen LogP contribution in [0, 0.1) is 0 Å². The van der Waals surface area contributed by atoms with E-state index in [0.29, 0.717) is 11.4 Å². The van der Waals surface area contributed by atoms with Gasteiger partial charge in [-0.25, -0.2) is 0 Å². The third-order valence-corrected chi connectivity index (χ3v) is 8.50. The minimum atomic E-state index is -5.57. The molecular formula is C25H20F6N2. The van der Waals surface area contributed by atoms with Crippen molar-refractivity contribution in [2.24, 2.45) is 0 Å². The summed E-state index contributed by atoms with van der Waals surface area (Å²) in [4.78, 5) is 3.52. The second-order valence-corrected chi connectivity index (χ2v) is 9.52. The van der Waals surface area contributed by atoms with Crippen LogP contribution in [0.15, 0.2) is 59.7 Å². The maximum atomic E-state index is 15.5. The molecule has 2 aromatic rings. The van der Waals surface area contributed by atoms with Gasteiger partial charge in [0.2, 0.25) is 0 Å². The third-order valence-electron chi connectivity index (χ3n) is 8.50. The zero-order chi connectivity index (χ0) is 23.9. The van der Waals surface area contributed by atoms with E-state index in [1.165, 1.54) is 12.1 Å². The van der Waals surface area contributed by atoms with Crippen LogP contribution in [0.5, 0.6) is 0 Å². The van der Waals surface area contributed by atoms with Crippen LogP contribution in [0.4, 0.5) is 37.7 Å². The standard InChI is InChI=1S/C25H20F6N2/c1-21-17(13-9-5-7-11-15(13)32(21)3)19-20(24(28,29)25(30,31)23(19,26)27)18-14-10-6-8-12-16(14)33(4)22(18,21)2/h5-12H,1-4H3. The van der Waals surface area contributed by atoms with Crippen molar-refractivity contribution in [3.05, 3.63) is 70.8 Å². The summed E-state index contributed by atoms with van der Waals surface area (Å²) in [5.74, 6) is -15.7. The van der Waals surface area contributed by atoms with Crippen molar-refractivity contribution in [1.29, 1.82) is 0 Å². The minimum absolute atomic E-state index is 0.164. The van der Waals surface area contributed by atoms with Gasteiger partial charge in [-0.05, 0) is 37.1 Å². The van der Waals surface area contributed by atoms with E-state index in [1.54, 1.807) is 74.1 Å². The Morgan fingerprint density at radius 2 is 0.879 bits per heavy atom. The van der Waals surface area contributed by atoms with E-state index in [2.05, 4.69) is 0 Å². The van der Waals surface area contributed by atoms with E-state index in [-0.39, 0.29) is 22.3 Å². The summed E-state index contributed by atoms with van der Waals surface area (Å²) in [6.45, 7) is 3.36. The first-order valence-corrected chi connectivity index (χ1v) is 10.6. The van der Waals surface area contributed by atoms with Gasteiger partial charge in [0, 0.05) is 47.7 Å². The Hall–Kier alpha value is -2.90. The number of benzene rings is 2. The summed E-state index contributed by atoms with van der Waals surface area (Å²) in [5.41, 5.74) is -3.88. The molecular weight excluding hydrogens is 442 g/mol. The van der Waals surface area contributed by atoms with Crippen LogP contribution in [0.25, 0.3) is 11.1 Å². The Balaban J connectivity index is 1.90. The molecule has 2 atom stereocenters. The number of allylic oxidation sites excluding steroid dienone is 2. The fraction of sp³-hybridized carbons (Fsp3) is 0.360. The highest BCUT2D eigenvalue weighted by molar-refractivity contribution is 6.09. The van der Waals surface area contributed by atoms with Crippen molar-refractivity contribution in [3.63, 3.8) is 0 Å². The average Bonchev–Trinajstić information content (AvgIpc) is 3.18. The monoisotopic (exact) mass is 462 g/mol. The molecule has 0 aromatic heterocycles. The molecule has 4 aliphatic rings. The summed E-state index contributed by atoms with van der Waals surface area (Å²) >= 11 is 0. The molecule has 2 nitrogen and oxygen atoms in total. The highest BCUT2D eigenvalue weighted by Gasteiger charge is 2.85. The van der Waals surface area contributed by atoms with Crippen molar-refractivity contribution in [1.82, 2.24) is 0 Å². The molecule has 0 radical (unpaired) electrons. The Kier molecular flexibility index (Phi) is 3.40. The first kappa shape index (κ1) is 20.7. The molecule has 0 N–H and O–H groups in total. The summed E-state index contributed by atoms with van der Waals surface area (Å²) in [7, 11) is 3.39. The zero-order valence-electron chi connectivity index (χ0n) is 18.3. The summed E-state index contributed by atoms with van der Waals surface area (Å²) < 4.78 is 91.8. The van der Waals surface area contributed by atoms with Crippen molar-refractivity contribution >= 4 is 22.5 Å². The molecule has 2 aliphatic heterocycles. The lowest BCUT2D eigenvalue weighted by Gasteiger charge is -2.55. The van der Waals surface area contributed by atoms with E-state index in [1.807, 2.05) is 0 Å². The molecule has 0 amide bonds. The van der Waals surface area contributed by atoms with Gasteiger partial charge in [-0.2, -0.15) is 26.3 Å². The first-order chi connectivity index (χ1) is 15.3. The van der Waals surface area contributed by atoms with Gasteiger partial charge in [-0.15, -0.1) is 0 Å². The van der Waals surface area contributed by atoms with Crippen LogP contribution in [0.3, 0.4) is 0 Å². The molecule has 2 aromatic carbocycles. The van der Waals surface area contributed by atoms with Gasteiger partial charge in [0.05, 0.1) is 11.1 Å². The van der Waals surface area contributed by atoms with E-state index >= 15 is 17.6 Å². The van der Waals surface area contributed by atoms with Crippen molar-refractivity contribution < 1.29 is 26.3 Å². The predicted octanol–water partition coefficient (Wildman–Crippen LogP) is 6.24. The van der Waals surface area contributed by atoms with Crippen molar-refractivity contribution in [2.45, 2.75) is 42.7 Å². The minimum Gasteiger partial charge on any atom is -0.362 e. The fourth-order valence-corrected chi connectivity index (χ4v) is 6.58. The fourth-order valence-electron chi connectivity index (χ4n) is 6.58. The molecule has 6 rings (SSSR count). The molecule has 8 heteroatoms. The van der Waals surface area contributed by atoms with Gasteiger partial charge >= 0.3 is 17.8 Å². The molecule has 1 fully saturated rings. The van der Waals surface area contributed by atoms with Crippen LogP contribution in [0.1, 0.15) is 25.0 Å². The number of hydrogen-bond donors (Lipinski definition) is 0. The largest absolute Gasteiger partial charge is 0.380 e. The third kappa shape index (κ3) is 1.76. The number of hydrogen-bond acceptors (Lipinski definition) is 2. The Bertz CT molecular complexity index is 1230. The number of alkyl halides is 6. The number of halogens is 6. The molecule has 2 unspecified atom stereocenters. The molecule has 0 saturated heterocycles. The lowest BCUT2D eigenvalue weighted by atomic mass is 9.62. The van der Waals surface area contributed by atoms with E-state index in [9.17, 15) is 8.78 Å². The lowest BCUT2D eigenvalue weighted by Crippen LogP contribution is -2.66. The first-order valence-electron chi connectivity index (χ1n) is 10.6. The van der Waals surface area contributed by atoms with Crippen LogP contribution in [-0.4, -0.2) is 42.9 Å². The molecule has 33 heavy (non-hydrogen) atoms. The quantitative estimate of drug-likeness (QED) is 0.428. The predicted molar refractivity (Wildman–Crippen MR) is 115 cm³/mol. The van der Waals surface area contributed by atoms with E-state index in [4.69, 9.17) is 0 Å². The Morgan fingerprint density at radius 1 is 0.545 bits per heavy atom. The summed E-state index contributed by atoms with van der Waals surface area (Å²) in [5, 5.41) is 0. The Morgan fingerprint density at radius 3 is 1.24 bits per heavy atom. The second-order valence-electron chi connectivity index (χ2n) is 9.52. The van der Waals surface area contributed by atoms with Crippen LogP contribution < -0.4 is 9.80 Å². The lowest BCUT2D eigenvalue weighted by molar-refractivity contribution is -0.257. The second kappa shape index (κ2) is 5.42. The van der Waals surface area contributed by atoms with Crippen molar-refractivity contribution in [3.8, 4) is 0 Å². The molecule has 2 heterocycles. The highest BCUT2D eigenvalue weighted by Crippen LogP contribution is 2.74. The van der Waals surface area contributed by atoms with Crippen molar-refractivity contribution in [2.75, 3.05) is 23.9 Å². The number of nitrogens with zero attached hydrogens (tertiary/aromatic N) is 2. The molecule has 0 bridgehead atoms. The number of fused-ring (bicyclic) bond motifs is 8. The van der Waals surface area contributed by atoms with Crippen LogP contribution in [-0.2, 0) is 0 Å². The van der Waals surface area contributed by atoms with E-state index in [0.717, 1.165) is 0 Å². The molecule has 1 saturated carbocycles. The average molecular weight is 462 g/mol. The normalized spacial score (nSPS) is 31.9. The summed E-state index contributed by atoms with van der Waals surface area (Å²) in [6.07, 6.45) is 0. The molecule has 0 spiro atoms. The number of para-hydroxylation sites is 2. The van der Waals surface area contributed by atoms with E-state index < -0.39 is 40.0 Å². The van der Waals surface area contributed by atoms with Crippen LogP contribution in [0.2, 0.25) is 0 Å². The molecule has 172 valence electrons. The summed E-state index contributed by atoms with van der Waals surface area (Å²) in [6, 6.07) is 13.1. The molecule has 2 aliphatic carbocycles. The van der Waals surface area contributed by atoms with Gasteiger partial charge < -0.3 is 9.80 Å². The number of likely N-dealkylation sites (N-methyl/N-ethyl adjacent to an activating group) is 2. The zero-order valence-corrected chi connectivity index (χ0v) is 18.3. The highest BCUT2D eigenvalue weighted by atomic mass is 19.3. The SMILES string of the molecule is CN1c2ccccc2C2=C3C(=C4c5ccccc5N(C)C4(C)C21C)C(F)(F)C(F)(F)C3(F)F. The smallest absolute Gasteiger partial charge is 0.362 e. The maximum Gasteiger partial charge on any atom is 0.380 e. The van der Waals surface area contributed by atoms with Crippen LogP contribution >= 0.6 is 0 Å². The van der Waals surface area contributed by atoms with Gasteiger partial charge in [-0.1, -0.05) is 36.4 Å². The van der Waals surface area contributed by atoms with Gasteiger partial charge in [0.15, 0.2) is 0 Å². The van der Waals surface area contributed by atoms with Gasteiger partial charge in [-0.3, -0.25) is 0 Å². The maximum absolute atomic E-state index is 15.5. The number of rotatable bonds is 0.